The number of nitrogens with one attached hydrogen (secondary N) is 1. The fourth-order valence-electron chi connectivity index (χ4n) is 4.20. The molecular weight excluding hydrogens is 362 g/mol. The molecule has 0 radical (unpaired) electrons. The molecule has 3 aromatic rings. The quantitative estimate of drug-likeness (QED) is 0.679. The molecule has 2 aliphatic rings. The molecule has 2 heterocycles. The van der Waals surface area contributed by atoms with Crippen molar-refractivity contribution >= 4 is 40.0 Å². The number of halogens is 1. The second-order valence-electron chi connectivity index (χ2n) is 7.16. The van der Waals surface area contributed by atoms with E-state index in [0.717, 1.165) is 16.3 Å². The number of carbonyl (C=O) groups is 2. The first-order valence-corrected chi connectivity index (χ1v) is 9.21. The lowest BCUT2D eigenvalue weighted by Crippen LogP contribution is -2.56. The minimum Gasteiger partial charge on any atom is -0.323 e. The largest absolute Gasteiger partial charge is 0.329 e. The Morgan fingerprint density at radius 1 is 1.04 bits per heavy atom. The summed E-state index contributed by atoms with van der Waals surface area (Å²) >= 11 is 6.29. The number of pyridine rings is 1. The van der Waals surface area contributed by atoms with Crippen molar-refractivity contribution in [2.75, 3.05) is 4.90 Å². The fourth-order valence-corrected chi connectivity index (χ4v) is 4.49. The third-order valence-corrected chi connectivity index (χ3v) is 5.93. The van der Waals surface area contributed by atoms with Crippen LogP contribution in [-0.2, 0) is 4.79 Å². The summed E-state index contributed by atoms with van der Waals surface area (Å²) in [5, 5.41) is 5.33. The van der Waals surface area contributed by atoms with Gasteiger partial charge in [0, 0.05) is 22.0 Å². The summed E-state index contributed by atoms with van der Waals surface area (Å²) in [6.45, 7) is 0. The summed E-state index contributed by atoms with van der Waals surface area (Å²) in [4.78, 5) is 31.3. The maximum Gasteiger partial charge on any atom is 0.329 e. The number of benzene rings is 2. The molecule has 1 spiro atoms. The molecule has 134 valence electrons. The van der Waals surface area contributed by atoms with E-state index in [4.69, 9.17) is 11.6 Å². The molecule has 1 saturated carbocycles. The van der Waals surface area contributed by atoms with Crippen LogP contribution in [0.25, 0.3) is 10.8 Å². The van der Waals surface area contributed by atoms with E-state index in [1.165, 1.54) is 4.90 Å². The van der Waals surface area contributed by atoms with Gasteiger partial charge in [-0.15, -0.1) is 0 Å². The Kier molecular flexibility index (Phi) is 3.49. The highest BCUT2D eigenvalue weighted by molar-refractivity contribution is 6.31. The number of fused-ring (bicyclic) bond motifs is 1. The Morgan fingerprint density at radius 3 is 2.59 bits per heavy atom. The van der Waals surface area contributed by atoms with Crippen molar-refractivity contribution in [2.24, 2.45) is 0 Å². The Morgan fingerprint density at radius 2 is 1.78 bits per heavy atom. The predicted octanol–water partition coefficient (Wildman–Crippen LogP) is 4.26. The molecule has 1 aliphatic heterocycles. The maximum absolute atomic E-state index is 13.2. The number of imide groups is 1. The second kappa shape index (κ2) is 5.79. The van der Waals surface area contributed by atoms with Crippen molar-refractivity contribution in [3.8, 4) is 0 Å². The molecule has 3 amide bonds. The normalized spacial score (nSPS) is 24.3. The van der Waals surface area contributed by atoms with Crippen molar-refractivity contribution in [1.82, 2.24) is 10.3 Å². The highest BCUT2D eigenvalue weighted by Crippen LogP contribution is 2.50. The lowest BCUT2D eigenvalue weighted by Gasteiger charge is -2.43. The monoisotopic (exact) mass is 377 g/mol. The Hall–Kier alpha value is -2.92. The zero-order chi connectivity index (χ0) is 18.6. The van der Waals surface area contributed by atoms with Crippen LogP contribution in [0.2, 0.25) is 5.02 Å². The van der Waals surface area contributed by atoms with Gasteiger partial charge in [-0.25, -0.2) is 9.69 Å². The molecular formula is C21H16ClN3O2. The molecule has 1 saturated heterocycles. The number of carbonyl (C=O) groups excluding carboxylic acids is 2. The van der Waals surface area contributed by atoms with Gasteiger partial charge in [0.15, 0.2) is 0 Å². The topological polar surface area (TPSA) is 62.3 Å². The summed E-state index contributed by atoms with van der Waals surface area (Å²) in [6, 6.07) is 14.9. The van der Waals surface area contributed by atoms with E-state index in [2.05, 4.69) is 10.3 Å². The molecule has 2 fully saturated rings. The van der Waals surface area contributed by atoms with Crippen LogP contribution < -0.4 is 10.2 Å². The molecule has 2 aromatic carbocycles. The molecule has 1 aromatic heterocycles. The van der Waals surface area contributed by atoms with Crippen LogP contribution in [0.4, 0.5) is 10.5 Å². The van der Waals surface area contributed by atoms with Gasteiger partial charge in [0.25, 0.3) is 5.91 Å². The number of hydrogen-bond donors (Lipinski definition) is 1. The molecule has 27 heavy (non-hydrogen) atoms. The van der Waals surface area contributed by atoms with Crippen LogP contribution >= 0.6 is 11.6 Å². The maximum atomic E-state index is 13.2. The molecule has 0 bridgehead atoms. The van der Waals surface area contributed by atoms with Gasteiger partial charge in [-0.05, 0) is 30.4 Å². The number of nitrogens with zero attached hydrogens (tertiary/aromatic N) is 2. The first kappa shape index (κ1) is 16.3. The van der Waals surface area contributed by atoms with E-state index in [0.29, 0.717) is 23.6 Å². The van der Waals surface area contributed by atoms with Gasteiger partial charge in [0.1, 0.15) is 5.54 Å². The van der Waals surface area contributed by atoms with Crippen LogP contribution in [0.1, 0.15) is 24.3 Å². The summed E-state index contributed by atoms with van der Waals surface area (Å²) in [5.74, 6) is -0.0532. The van der Waals surface area contributed by atoms with E-state index in [-0.39, 0.29) is 11.8 Å². The summed E-state index contributed by atoms with van der Waals surface area (Å²) in [6.07, 6.45) is 4.40. The van der Waals surface area contributed by atoms with Crippen LogP contribution in [0.3, 0.4) is 0 Å². The number of anilines is 1. The Labute approximate surface area is 161 Å². The number of aromatic nitrogens is 1. The van der Waals surface area contributed by atoms with Gasteiger partial charge in [-0.1, -0.05) is 54.1 Å². The van der Waals surface area contributed by atoms with Crippen LogP contribution in [-0.4, -0.2) is 22.5 Å². The zero-order valence-corrected chi connectivity index (χ0v) is 15.1. The second-order valence-corrected chi connectivity index (χ2v) is 7.57. The van der Waals surface area contributed by atoms with Crippen molar-refractivity contribution < 1.29 is 9.59 Å². The van der Waals surface area contributed by atoms with Gasteiger partial charge in [0.2, 0.25) is 0 Å². The first-order valence-electron chi connectivity index (χ1n) is 8.83. The SMILES string of the molecule is O=C1NC2(CC(c3ccccc3Cl)C2)C(=O)N1c1cncc2ccccc12. The lowest BCUT2D eigenvalue weighted by atomic mass is 9.65. The van der Waals surface area contributed by atoms with Gasteiger partial charge in [0.05, 0.1) is 11.9 Å². The smallest absolute Gasteiger partial charge is 0.323 e. The van der Waals surface area contributed by atoms with Crippen molar-refractivity contribution in [3.63, 3.8) is 0 Å². The average molecular weight is 378 g/mol. The first-order chi connectivity index (χ1) is 13.1. The van der Waals surface area contributed by atoms with Gasteiger partial charge >= 0.3 is 6.03 Å². The number of urea groups is 1. The minimum absolute atomic E-state index is 0.161. The predicted molar refractivity (Wildman–Crippen MR) is 104 cm³/mol. The van der Waals surface area contributed by atoms with E-state index < -0.39 is 11.6 Å². The molecule has 1 aliphatic carbocycles. The van der Waals surface area contributed by atoms with Gasteiger partial charge in [-0.3, -0.25) is 9.78 Å². The van der Waals surface area contributed by atoms with Crippen LogP contribution in [0.15, 0.2) is 60.9 Å². The highest BCUT2D eigenvalue weighted by Gasteiger charge is 2.59. The van der Waals surface area contributed by atoms with Crippen molar-refractivity contribution in [3.05, 3.63) is 71.5 Å². The minimum atomic E-state index is -0.849. The Bertz CT molecular complexity index is 1090. The lowest BCUT2D eigenvalue weighted by molar-refractivity contribution is -0.125. The zero-order valence-electron chi connectivity index (χ0n) is 14.4. The molecule has 0 unspecified atom stereocenters. The van der Waals surface area contributed by atoms with Crippen LogP contribution in [0.5, 0.6) is 0 Å². The van der Waals surface area contributed by atoms with Crippen LogP contribution in [0, 0.1) is 0 Å². The number of rotatable bonds is 2. The van der Waals surface area contributed by atoms with E-state index >= 15 is 0 Å². The van der Waals surface area contributed by atoms with E-state index in [1.54, 1.807) is 12.4 Å². The van der Waals surface area contributed by atoms with Crippen molar-refractivity contribution in [1.29, 1.82) is 0 Å². The van der Waals surface area contributed by atoms with Crippen molar-refractivity contribution in [2.45, 2.75) is 24.3 Å². The third kappa shape index (κ3) is 2.35. The standard InChI is InChI=1S/C21H16ClN3O2/c22-17-8-4-3-6-15(17)14-9-21(10-14)19(26)25(20(27)24-21)18-12-23-11-13-5-1-2-7-16(13)18/h1-8,11-12,14H,9-10H2,(H,24,27). The van der Waals surface area contributed by atoms with E-state index in [1.807, 2.05) is 48.5 Å². The number of amides is 3. The highest BCUT2D eigenvalue weighted by atomic mass is 35.5. The molecule has 5 rings (SSSR count). The summed E-state index contributed by atoms with van der Waals surface area (Å²) in [7, 11) is 0. The van der Waals surface area contributed by atoms with Gasteiger partial charge in [-0.2, -0.15) is 0 Å². The fraction of sp³-hybridized carbons (Fsp3) is 0.190. The molecule has 5 nitrogen and oxygen atoms in total. The molecule has 6 heteroatoms. The molecule has 1 N–H and O–H groups in total. The summed E-state index contributed by atoms with van der Waals surface area (Å²) in [5.41, 5.74) is 0.698. The molecule has 0 atom stereocenters. The van der Waals surface area contributed by atoms with E-state index in [9.17, 15) is 9.59 Å². The van der Waals surface area contributed by atoms with Gasteiger partial charge < -0.3 is 5.32 Å². The summed E-state index contributed by atoms with van der Waals surface area (Å²) < 4.78 is 0. The Balaban J connectivity index is 1.47. The average Bonchev–Trinajstić information content (AvgIpc) is 2.91. The third-order valence-electron chi connectivity index (χ3n) is 5.58. The number of hydrogen-bond acceptors (Lipinski definition) is 3.